The van der Waals surface area contributed by atoms with Crippen molar-refractivity contribution in [2.24, 2.45) is 5.92 Å². The first-order valence-electron chi connectivity index (χ1n) is 13.7. The molecule has 3 saturated heterocycles. The SMILES string of the molecule is C[C@H](Nc1nccc(N2C(=O)OCC2(C)C2CC2)n1)c1ccc(CN2CCC(N3CCC3)CC2)c(F)c1. The minimum Gasteiger partial charge on any atom is -0.447 e. The molecule has 3 aliphatic heterocycles. The number of likely N-dealkylation sites (tertiary alicyclic amines) is 2. The van der Waals surface area contributed by atoms with Gasteiger partial charge in [-0.1, -0.05) is 12.1 Å². The number of anilines is 2. The van der Waals surface area contributed by atoms with Crippen LogP contribution in [0.3, 0.4) is 0 Å². The van der Waals surface area contributed by atoms with Gasteiger partial charge in [0.05, 0.1) is 11.6 Å². The van der Waals surface area contributed by atoms with Gasteiger partial charge in [-0.25, -0.2) is 14.2 Å². The van der Waals surface area contributed by atoms with E-state index in [4.69, 9.17) is 4.74 Å². The van der Waals surface area contributed by atoms with Crippen molar-refractivity contribution < 1.29 is 13.9 Å². The van der Waals surface area contributed by atoms with E-state index in [1.165, 1.54) is 32.4 Å². The van der Waals surface area contributed by atoms with Crippen LogP contribution in [0.25, 0.3) is 0 Å². The number of carbonyl (C=O) groups excluding carboxylic acids is 1. The van der Waals surface area contributed by atoms with E-state index >= 15 is 4.39 Å². The van der Waals surface area contributed by atoms with Crippen molar-refractivity contribution in [1.82, 2.24) is 19.8 Å². The van der Waals surface area contributed by atoms with Crippen LogP contribution < -0.4 is 10.2 Å². The van der Waals surface area contributed by atoms with Gasteiger partial charge in [0.1, 0.15) is 18.2 Å². The number of hydrogen-bond acceptors (Lipinski definition) is 7. The molecule has 37 heavy (non-hydrogen) atoms. The fraction of sp³-hybridized carbons (Fsp3) is 0.607. The minimum atomic E-state index is -0.378. The predicted octanol–water partition coefficient (Wildman–Crippen LogP) is 4.58. The number of carbonyl (C=O) groups is 1. The summed E-state index contributed by atoms with van der Waals surface area (Å²) >= 11 is 0. The van der Waals surface area contributed by atoms with E-state index < -0.39 is 0 Å². The van der Waals surface area contributed by atoms with E-state index in [0.717, 1.165) is 37.1 Å². The number of benzene rings is 1. The second-order valence-corrected chi connectivity index (χ2v) is 11.4. The molecule has 1 amide bonds. The van der Waals surface area contributed by atoms with Gasteiger partial charge in [-0.15, -0.1) is 0 Å². The third-order valence-electron chi connectivity index (χ3n) is 8.79. The molecule has 0 spiro atoms. The fourth-order valence-corrected chi connectivity index (χ4v) is 6.08. The summed E-state index contributed by atoms with van der Waals surface area (Å²) in [6.07, 6.45) is 7.14. The van der Waals surface area contributed by atoms with Crippen molar-refractivity contribution in [3.8, 4) is 0 Å². The summed E-state index contributed by atoms with van der Waals surface area (Å²) < 4.78 is 20.5. The van der Waals surface area contributed by atoms with Gasteiger partial charge < -0.3 is 15.0 Å². The summed E-state index contributed by atoms with van der Waals surface area (Å²) in [5.41, 5.74) is 1.19. The fourth-order valence-electron chi connectivity index (χ4n) is 6.08. The molecule has 8 nitrogen and oxygen atoms in total. The van der Waals surface area contributed by atoms with E-state index in [1.807, 2.05) is 19.1 Å². The van der Waals surface area contributed by atoms with Crippen molar-refractivity contribution in [3.05, 3.63) is 47.4 Å². The highest BCUT2D eigenvalue weighted by molar-refractivity contribution is 5.90. The molecule has 0 bridgehead atoms. The average Bonchev–Trinajstić information content (AvgIpc) is 3.66. The Hall–Kier alpha value is -2.78. The van der Waals surface area contributed by atoms with Crippen LogP contribution in [0.5, 0.6) is 0 Å². The van der Waals surface area contributed by atoms with Crippen molar-refractivity contribution in [2.75, 3.05) is 43.0 Å². The molecule has 1 N–H and O–H groups in total. The van der Waals surface area contributed by atoms with Crippen LogP contribution >= 0.6 is 0 Å². The van der Waals surface area contributed by atoms with Crippen LogP contribution in [0.2, 0.25) is 0 Å². The first kappa shape index (κ1) is 24.6. The lowest BCUT2D eigenvalue weighted by Gasteiger charge is -2.43. The van der Waals surface area contributed by atoms with Crippen LogP contribution in [0.15, 0.2) is 30.5 Å². The maximum Gasteiger partial charge on any atom is 0.416 e. The summed E-state index contributed by atoms with van der Waals surface area (Å²) in [7, 11) is 0. The Morgan fingerprint density at radius 3 is 2.62 bits per heavy atom. The monoisotopic (exact) mass is 508 g/mol. The Bertz CT molecular complexity index is 1150. The molecule has 4 fully saturated rings. The topological polar surface area (TPSA) is 73.8 Å². The Morgan fingerprint density at radius 2 is 1.95 bits per heavy atom. The van der Waals surface area contributed by atoms with Gasteiger partial charge in [-0.2, -0.15) is 4.98 Å². The largest absolute Gasteiger partial charge is 0.447 e. The molecule has 1 saturated carbocycles. The predicted molar refractivity (Wildman–Crippen MR) is 140 cm³/mol. The molecule has 1 unspecified atom stereocenters. The summed E-state index contributed by atoms with van der Waals surface area (Å²) in [5.74, 6) is 1.18. The Kier molecular flexibility index (Phi) is 6.52. The summed E-state index contributed by atoms with van der Waals surface area (Å²) in [6, 6.07) is 7.75. The van der Waals surface area contributed by atoms with E-state index in [9.17, 15) is 4.79 Å². The van der Waals surface area contributed by atoms with E-state index in [0.29, 0.717) is 36.9 Å². The lowest BCUT2D eigenvalue weighted by molar-refractivity contribution is 0.0609. The third kappa shape index (κ3) is 4.91. The number of aromatic nitrogens is 2. The van der Waals surface area contributed by atoms with Crippen LogP contribution in [-0.2, 0) is 11.3 Å². The van der Waals surface area contributed by atoms with Crippen molar-refractivity contribution >= 4 is 17.9 Å². The Morgan fingerprint density at radius 1 is 1.16 bits per heavy atom. The highest BCUT2D eigenvalue weighted by Crippen LogP contribution is 2.47. The highest BCUT2D eigenvalue weighted by atomic mass is 19.1. The number of nitrogens with zero attached hydrogens (tertiary/aromatic N) is 5. The van der Waals surface area contributed by atoms with Gasteiger partial charge in [0.25, 0.3) is 0 Å². The molecule has 1 aromatic heterocycles. The number of halogens is 1. The first-order valence-corrected chi connectivity index (χ1v) is 13.7. The number of cyclic esters (lactones) is 1. The first-order chi connectivity index (χ1) is 17.9. The Labute approximate surface area is 218 Å². The number of amides is 1. The summed E-state index contributed by atoms with van der Waals surface area (Å²) in [5, 5.41) is 3.28. The summed E-state index contributed by atoms with van der Waals surface area (Å²) in [6.45, 7) is 9.59. The molecule has 4 heterocycles. The van der Waals surface area contributed by atoms with Gasteiger partial charge in [0.2, 0.25) is 5.95 Å². The number of nitrogens with one attached hydrogen (secondary N) is 1. The zero-order valence-corrected chi connectivity index (χ0v) is 21.8. The van der Waals surface area contributed by atoms with Crippen LogP contribution in [0.4, 0.5) is 21.0 Å². The zero-order chi connectivity index (χ0) is 25.6. The number of ether oxygens (including phenoxy) is 1. The van der Waals surface area contributed by atoms with Crippen LogP contribution in [0.1, 0.15) is 63.1 Å². The standard InChI is InChI=1S/C28H37FN6O2/c1-19(31-26-30-11-8-25(32-26)35-27(36)37-18-28(35,2)22-6-7-22)20-4-5-21(24(29)16-20)17-33-14-9-23(10-15-33)34-12-3-13-34/h4-5,8,11,16,19,22-23H,3,6-7,9-10,12-15,17-18H2,1-2H3,(H,30,31,32)/t19-,28?/m0/s1. The molecule has 4 aliphatic rings. The van der Waals surface area contributed by atoms with Gasteiger partial charge in [-0.3, -0.25) is 9.80 Å². The number of piperidine rings is 1. The smallest absolute Gasteiger partial charge is 0.416 e. The third-order valence-corrected chi connectivity index (χ3v) is 8.79. The molecule has 0 radical (unpaired) electrons. The van der Waals surface area contributed by atoms with Gasteiger partial charge in [-0.05, 0) is 95.7 Å². The van der Waals surface area contributed by atoms with Gasteiger partial charge in [0.15, 0.2) is 0 Å². The minimum absolute atomic E-state index is 0.175. The van der Waals surface area contributed by atoms with Crippen LogP contribution in [0, 0.1) is 11.7 Å². The van der Waals surface area contributed by atoms with E-state index in [1.54, 1.807) is 23.2 Å². The second-order valence-electron chi connectivity index (χ2n) is 11.4. The van der Waals surface area contributed by atoms with Crippen molar-refractivity contribution in [2.45, 2.75) is 70.1 Å². The number of rotatable bonds is 8. The lowest BCUT2D eigenvalue weighted by Crippen LogP contribution is -2.50. The zero-order valence-electron chi connectivity index (χ0n) is 21.8. The van der Waals surface area contributed by atoms with E-state index in [-0.39, 0.29) is 23.5 Å². The molecule has 9 heteroatoms. The van der Waals surface area contributed by atoms with Crippen molar-refractivity contribution in [1.29, 1.82) is 0 Å². The maximum absolute atomic E-state index is 15.1. The molecule has 1 aromatic carbocycles. The second kappa shape index (κ2) is 9.83. The normalized spacial score (nSPS) is 26.1. The van der Waals surface area contributed by atoms with Crippen molar-refractivity contribution in [3.63, 3.8) is 0 Å². The molecule has 2 atom stereocenters. The molecule has 2 aromatic rings. The molecular formula is C28H37FN6O2. The van der Waals surface area contributed by atoms with Crippen LogP contribution in [-0.4, -0.2) is 70.2 Å². The molecule has 1 aliphatic carbocycles. The van der Waals surface area contributed by atoms with Gasteiger partial charge >= 0.3 is 6.09 Å². The quantitative estimate of drug-likeness (QED) is 0.559. The average molecular weight is 509 g/mol. The number of hydrogen-bond donors (Lipinski definition) is 1. The molecular weight excluding hydrogens is 471 g/mol. The Balaban J connectivity index is 1.09. The maximum atomic E-state index is 15.1. The van der Waals surface area contributed by atoms with Gasteiger partial charge in [0, 0.05) is 24.3 Å². The molecule has 6 rings (SSSR count). The lowest BCUT2D eigenvalue weighted by atomic mass is 9.96. The summed E-state index contributed by atoms with van der Waals surface area (Å²) in [4.78, 5) is 28.1. The highest BCUT2D eigenvalue weighted by Gasteiger charge is 2.54. The molecule has 198 valence electrons. The van der Waals surface area contributed by atoms with E-state index in [2.05, 4.69) is 32.0 Å².